The molecule has 0 saturated heterocycles. The maximum Gasteiger partial charge on any atom is 0.239 e. The summed E-state index contributed by atoms with van der Waals surface area (Å²) < 4.78 is 0. The van der Waals surface area contributed by atoms with Crippen molar-refractivity contribution in [2.45, 2.75) is 45.2 Å². The van der Waals surface area contributed by atoms with Crippen LogP contribution < -0.4 is 11.1 Å². The number of likely N-dealkylation sites (N-methyl/N-ethyl adjacent to an activating group) is 1. The van der Waals surface area contributed by atoms with Crippen LogP contribution in [0.15, 0.2) is 0 Å². The molecule has 0 radical (unpaired) electrons. The molecule has 0 aromatic carbocycles. The van der Waals surface area contributed by atoms with Crippen LogP contribution in [0, 0.1) is 5.92 Å². The highest BCUT2D eigenvalue weighted by Crippen LogP contribution is 2.18. The van der Waals surface area contributed by atoms with Gasteiger partial charge in [0.2, 0.25) is 11.8 Å². The minimum Gasteiger partial charge on any atom is -0.352 e. The maximum atomic E-state index is 11.8. The molecule has 5 nitrogen and oxygen atoms in total. The van der Waals surface area contributed by atoms with Gasteiger partial charge in [0.05, 0.1) is 6.54 Å². The Balaban J connectivity index is 2.27. The van der Waals surface area contributed by atoms with Gasteiger partial charge in [-0.15, -0.1) is 0 Å². The third kappa shape index (κ3) is 5.17. The minimum atomic E-state index is -0.142. The molecule has 2 amide bonds. The highest BCUT2D eigenvalue weighted by molar-refractivity contribution is 5.85. The molecule has 17 heavy (non-hydrogen) atoms. The summed E-state index contributed by atoms with van der Waals surface area (Å²) in [6.45, 7) is 4.09. The van der Waals surface area contributed by atoms with Crippen LogP contribution in [0.5, 0.6) is 0 Å². The quantitative estimate of drug-likeness (QED) is 0.692. The molecule has 0 heterocycles. The largest absolute Gasteiger partial charge is 0.352 e. The summed E-state index contributed by atoms with van der Waals surface area (Å²) in [4.78, 5) is 24.7. The van der Waals surface area contributed by atoms with Crippen LogP contribution in [-0.4, -0.2) is 42.4 Å². The van der Waals surface area contributed by atoms with E-state index >= 15 is 0 Å². The zero-order valence-electron chi connectivity index (χ0n) is 10.9. The van der Waals surface area contributed by atoms with Crippen LogP contribution in [0.25, 0.3) is 0 Å². The van der Waals surface area contributed by atoms with E-state index in [4.69, 9.17) is 5.73 Å². The summed E-state index contributed by atoms with van der Waals surface area (Å²) in [7, 11) is 1.64. The molecule has 0 aromatic heterocycles. The van der Waals surface area contributed by atoms with E-state index in [9.17, 15) is 9.59 Å². The molecular formula is C12H23N3O2. The summed E-state index contributed by atoms with van der Waals surface area (Å²) >= 11 is 0. The minimum absolute atomic E-state index is 0.0721. The zero-order chi connectivity index (χ0) is 13.0. The van der Waals surface area contributed by atoms with Crippen LogP contribution >= 0.6 is 0 Å². The van der Waals surface area contributed by atoms with Crippen LogP contribution in [0.1, 0.15) is 33.1 Å². The topological polar surface area (TPSA) is 75.4 Å². The fourth-order valence-corrected chi connectivity index (χ4v) is 1.40. The number of amides is 2. The van der Waals surface area contributed by atoms with E-state index in [1.807, 2.05) is 13.8 Å². The Morgan fingerprint density at radius 2 is 2.00 bits per heavy atom. The number of nitrogens with one attached hydrogen (secondary N) is 1. The van der Waals surface area contributed by atoms with Crippen molar-refractivity contribution >= 4 is 11.8 Å². The normalized spacial score (nSPS) is 16.8. The van der Waals surface area contributed by atoms with Crippen molar-refractivity contribution in [3.63, 3.8) is 0 Å². The zero-order valence-corrected chi connectivity index (χ0v) is 10.9. The van der Waals surface area contributed by atoms with Crippen molar-refractivity contribution < 1.29 is 9.59 Å². The van der Waals surface area contributed by atoms with Crippen LogP contribution in [0.4, 0.5) is 0 Å². The second kappa shape index (κ2) is 6.00. The highest BCUT2D eigenvalue weighted by atomic mass is 16.2. The molecule has 5 heteroatoms. The predicted octanol–water partition coefficient (Wildman–Crippen LogP) is 0.0968. The Kier molecular flexibility index (Phi) is 4.93. The highest BCUT2D eigenvalue weighted by Gasteiger charge is 2.24. The summed E-state index contributed by atoms with van der Waals surface area (Å²) in [6.07, 6.45) is 2.41. The first kappa shape index (κ1) is 14.0. The van der Waals surface area contributed by atoms with Crippen LogP contribution in [0.3, 0.4) is 0 Å². The summed E-state index contributed by atoms with van der Waals surface area (Å²) in [5, 5.41) is 2.85. The predicted molar refractivity (Wildman–Crippen MR) is 66.2 cm³/mol. The first-order chi connectivity index (χ1) is 7.90. The fourth-order valence-electron chi connectivity index (χ4n) is 1.40. The SMILES string of the molecule is CC(C)C(N)CC(=O)N(C)CC(=O)NC1CC1. The number of rotatable bonds is 6. The van der Waals surface area contributed by atoms with Crippen LogP contribution in [-0.2, 0) is 9.59 Å². The smallest absolute Gasteiger partial charge is 0.239 e. The van der Waals surface area contributed by atoms with Crippen molar-refractivity contribution in [2.75, 3.05) is 13.6 Å². The molecule has 0 bridgehead atoms. The molecule has 0 aromatic rings. The van der Waals surface area contributed by atoms with E-state index in [-0.39, 0.29) is 30.3 Å². The number of hydrogen-bond donors (Lipinski definition) is 2. The van der Waals surface area contributed by atoms with Gasteiger partial charge in [0.15, 0.2) is 0 Å². The summed E-state index contributed by atoms with van der Waals surface area (Å²) in [6, 6.07) is 0.195. The average Bonchev–Trinajstić information content (AvgIpc) is 3.00. The van der Waals surface area contributed by atoms with Gasteiger partial charge in [0.25, 0.3) is 0 Å². The first-order valence-corrected chi connectivity index (χ1v) is 6.19. The van der Waals surface area contributed by atoms with Gasteiger partial charge in [-0.1, -0.05) is 13.8 Å². The third-order valence-corrected chi connectivity index (χ3v) is 3.02. The second-order valence-corrected chi connectivity index (χ2v) is 5.20. The van der Waals surface area contributed by atoms with Gasteiger partial charge in [-0.05, 0) is 18.8 Å². The molecule has 1 fully saturated rings. The Morgan fingerprint density at radius 3 is 2.47 bits per heavy atom. The molecule has 98 valence electrons. The molecule has 3 N–H and O–H groups in total. The van der Waals surface area contributed by atoms with Gasteiger partial charge < -0.3 is 16.0 Å². The molecule has 1 saturated carbocycles. The van der Waals surface area contributed by atoms with E-state index in [0.717, 1.165) is 12.8 Å². The van der Waals surface area contributed by atoms with E-state index in [1.54, 1.807) is 7.05 Å². The molecule has 0 aliphatic heterocycles. The molecular weight excluding hydrogens is 218 g/mol. The van der Waals surface area contributed by atoms with Crippen molar-refractivity contribution in [2.24, 2.45) is 11.7 Å². The van der Waals surface area contributed by atoms with Gasteiger partial charge >= 0.3 is 0 Å². The van der Waals surface area contributed by atoms with Gasteiger partial charge in [0.1, 0.15) is 0 Å². The lowest BCUT2D eigenvalue weighted by Gasteiger charge is -2.20. The second-order valence-electron chi connectivity index (χ2n) is 5.20. The van der Waals surface area contributed by atoms with E-state index < -0.39 is 0 Å². The number of nitrogens with two attached hydrogens (primary N) is 1. The number of nitrogens with zero attached hydrogens (tertiary/aromatic N) is 1. The van der Waals surface area contributed by atoms with E-state index in [2.05, 4.69) is 5.32 Å². The lowest BCUT2D eigenvalue weighted by atomic mass is 10.0. The van der Waals surface area contributed by atoms with Gasteiger partial charge in [-0.25, -0.2) is 0 Å². The van der Waals surface area contributed by atoms with Crippen molar-refractivity contribution in [3.05, 3.63) is 0 Å². The first-order valence-electron chi connectivity index (χ1n) is 6.19. The van der Waals surface area contributed by atoms with Crippen molar-refractivity contribution in [1.29, 1.82) is 0 Å². The van der Waals surface area contributed by atoms with Gasteiger partial charge in [-0.2, -0.15) is 0 Å². The Morgan fingerprint density at radius 1 is 1.41 bits per heavy atom. The summed E-state index contributed by atoms with van der Waals surface area (Å²) in [5.74, 6) is 0.117. The van der Waals surface area contributed by atoms with Gasteiger partial charge in [-0.3, -0.25) is 9.59 Å². The molecule has 0 spiro atoms. The third-order valence-electron chi connectivity index (χ3n) is 3.02. The van der Waals surface area contributed by atoms with E-state index in [1.165, 1.54) is 4.90 Å². The molecule has 1 aliphatic rings. The molecule has 1 rings (SSSR count). The molecule has 1 atom stereocenters. The lowest BCUT2D eigenvalue weighted by Crippen LogP contribution is -2.41. The fraction of sp³-hybridized carbons (Fsp3) is 0.833. The Hall–Kier alpha value is -1.10. The lowest BCUT2D eigenvalue weighted by molar-refractivity contribution is -0.135. The maximum absolute atomic E-state index is 11.8. The van der Waals surface area contributed by atoms with E-state index in [0.29, 0.717) is 12.5 Å². The average molecular weight is 241 g/mol. The molecule has 1 aliphatic carbocycles. The van der Waals surface area contributed by atoms with Crippen molar-refractivity contribution in [1.82, 2.24) is 10.2 Å². The van der Waals surface area contributed by atoms with Crippen LogP contribution in [0.2, 0.25) is 0 Å². The monoisotopic (exact) mass is 241 g/mol. The summed E-state index contributed by atoms with van der Waals surface area (Å²) in [5.41, 5.74) is 5.83. The Bertz CT molecular complexity index is 287. The number of carbonyl (C=O) groups is 2. The number of hydrogen-bond acceptors (Lipinski definition) is 3. The Labute approximate surface area is 103 Å². The number of carbonyl (C=O) groups excluding carboxylic acids is 2. The standard InChI is InChI=1S/C12H23N3O2/c1-8(2)10(13)6-12(17)15(3)7-11(16)14-9-4-5-9/h8-10H,4-7,13H2,1-3H3,(H,14,16). The van der Waals surface area contributed by atoms with Crippen molar-refractivity contribution in [3.8, 4) is 0 Å². The van der Waals surface area contributed by atoms with Gasteiger partial charge in [0, 0.05) is 25.6 Å². The molecule has 1 unspecified atom stereocenters.